The van der Waals surface area contributed by atoms with Gasteiger partial charge in [0.05, 0.1) is 0 Å². The van der Waals surface area contributed by atoms with E-state index in [1.807, 2.05) is 5.32 Å². The molecule has 1 N–H and O–H groups in total. The van der Waals surface area contributed by atoms with Gasteiger partial charge in [-0.3, -0.25) is 4.79 Å². The quantitative estimate of drug-likeness (QED) is 0.944. The van der Waals surface area contributed by atoms with Gasteiger partial charge in [0.25, 0.3) is 5.91 Å². The van der Waals surface area contributed by atoms with Gasteiger partial charge in [-0.1, -0.05) is 12.1 Å². The highest BCUT2D eigenvalue weighted by molar-refractivity contribution is 5.95. The van der Waals surface area contributed by atoms with Crippen molar-refractivity contribution in [3.05, 3.63) is 35.7 Å². The largest absolute Gasteiger partial charge is 0.405 e. The molecular weight excluding hydrogens is 285 g/mol. The first-order valence-corrected chi connectivity index (χ1v) is 6.09. The predicted molar refractivity (Wildman–Crippen MR) is 69.6 cm³/mol. The maximum absolute atomic E-state index is 12.1. The van der Waals surface area contributed by atoms with Crippen LogP contribution < -0.4 is 5.32 Å². The molecule has 0 saturated heterocycles. The second-order valence-electron chi connectivity index (χ2n) is 4.48. The predicted octanol–water partition coefficient (Wildman–Crippen LogP) is 2.08. The van der Waals surface area contributed by atoms with Crippen LogP contribution in [0, 0.1) is 6.92 Å². The lowest BCUT2D eigenvalue weighted by atomic mass is 10.1. The summed E-state index contributed by atoms with van der Waals surface area (Å²) >= 11 is 0. The third-order valence-electron chi connectivity index (χ3n) is 2.70. The highest BCUT2D eigenvalue weighted by Crippen LogP contribution is 2.18. The van der Waals surface area contributed by atoms with Crippen molar-refractivity contribution in [1.82, 2.24) is 20.1 Å². The summed E-state index contributed by atoms with van der Waals surface area (Å²) < 4.78 is 37.8. The zero-order chi connectivity index (χ0) is 15.6. The van der Waals surface area contributed by atoms with E-state index in [4.69, 9.17) is 0 Å². The molecule has 0 atom stereocenters. The molecule has 8 heteroatoms. The summed E-state index contributed by atoms with van der Waals surface area (Å²) in [5.74, 6) is 0.325. The van der Waals surface area contributed by atoms with Gasteiger partial charge in [-0.2, -0.15) is 18.3 Å². The van der Waals surface area contributed by atoms with Crippen molar-refractivity contribution in [2.24, 2.45) is 7.05 Å². The van der Waals surface area contributed by atoms with Crippen LogP contribution in [0.2, 0.25) is 0 Å². The molecule has 5 nitrogen and oxygen atoms in total. The van der Waals surface area contributed by atoms with Crippen molar-refractivity contribution in [3.63, 3.8) is 0 Å². The average Bonchev–Trinajstić information content (AvgIpc) is 2.74. The Morgan fingerprint density at radius 1 is 1.38 bits per heavy atom. The topological polar surface area (TPSA) is 59.8 Å². The van der Waals surface area contributed by atoms with Crippen molar-refractivity contribution in [1.29, 1.82) is 0 Å². The van der Waals surface area contributed by atoms with E-state index in [2.05, 4.69) is 10.1 Å². The van der Waals surface area contributed by atoms with Gasteiger partial charge in [-0.25, -0.2) is 9.67 Å². The van der Waals surface area contributed by atoms with Crippen LogP contribution in [-0.2, 0) is 7.05 Å². The zero-order valence-corrected chi connectivity index (χ0v) is 11.4. The Hall–Kier alpha value is -2.38. The first-order chi connectivity index (χ1) is 9.76. The van der Waals surface area contributed by atoms with Crippen molar-refractivity contribution in [3.8, 4) is 11.4 Å². The van der Waals surface area contributed by atoms with E-state index >= 15 is 0 Å². The fraction of sp³-hybridized carbons (Fsp3) is 0.308. The fourth-order valence-electron chi connectivity index (χ4n) is 1.85. The van der Waals surface area contributed by atoms with E-state index in [-0.39, 0.29) is 5.56 Å². The molecule has 2 rings (SSSR count). The molecule has 0 fully saturated rings. The molecule has 0 aliphatic rings. The minimum Gasteiger partial charge on any atom is -0.343 e. The van der Waals surface area contributed by atoms with Crippen LogP contribution >= 0.6 is 0 Å². The van der Waals surface area contributed by atoms with Crippen LogP contribution in [0.5, 0.6) is 0 Å². The summed E-state index contributed by atoms with van der Waals surface area (Å²) in [5.41, 5.74) is 0.746. The van der Waals surface area contributed by atoms with Crippen LogP contribution in [-0.4, -0.2) is 33.4 Å². The van der Waals surface area contributed by atoms with Crippen molar-refractivity contribution >= 4 is 5.91 Å². The van der Waals surface area contributed by atoms with Crippen molar-refractivity contribution in [2.75, 3.05) is 6.54 Å². The third-order valence-corrected chi connectivity index (χ3v) is 2.70. The smallest absolute Gasteiger partial charge is 0.343 e. The van der Waals surface area contributed by atoms with Gasteiger partial charge in [-0.15, -0.1) is 0 Å². The number of aromatic nitrogens is 3. The fourth-order valence-corrected chi connectivity index (χ4v) is 1.85. The highest BCUT2D eigenvalue weighted by atomic mass is 19.4. The number of nitrogens with zero attached hydrogens (tertiary/aromatic N) is 3. The lowest BCUT2D eigenvalue weighted by Gasteiger charge is -2.09. The van der Waals surface area contributed by atoms with Crippen LogP contribution in [0.1, 0.15) is 16.2 Å². The average molecular weight is 298 g/mol. The normalized spacial score (nSPS) is 11.5. The Kier molecular flexibility index (Phi) is 3.97. The lowest BCUT2D eigenvalue weighted by molar-refractivity contribution is -0.123. The molecule has 0 aliphatic heterocycles. The van der Waals surface area contributed by atoms with Crippen molar-refractivity contribution < 1.29 is 18.0 Å². The zero-order valence-electron chi connectivity index (χ0n) is 11.4. The minimum absolute atomic E-state index is 0.136. The number of halogens is 3. The van der Waals surface area contributed by atoms with Crippen LogP contribution in [0.4, 0.5) is 13.2 Å². The highest BCUT2D eigenvalue weighted by Gasteiger charge is 2.27. The molecule has 0 radical (unpaired) electrons. The van der Waals surface area contributed by atoms with E-state index in [1.165, 1.54) is 12.1 Å². The Labute approximate surface area is 118 Å². The molecule has 1 heterocycles. The van der Waals surface area contributed by atoms with E-state index in [9.17, 15) is 18.0 Å². The SMILES string of the molecule is Cc1nc(-c2cccc(C(=O)NCC(F)(F)F)c2)n(C)n1. The molecule has 1 amide bonds. The Bertz CT molecular complexity index is 664. The van der Waals surface area contributed by atoms with Gasteiger partial charge < -0.3 is 5.32 Å². The number of carbonyl (C=O) groups is 1. The first-order valence-electron chi connectivity index (χ1n) is 6.09. The summed E-state index contributed by atoms with van der Waals surface area (Å²) in [6.45, 7) is 0.364. The summed E-state index contributed by atoms with van der Waals surface area (Å²) in [5, 5.41) is 5.92. The standard InChI is InChI=1S/C13H13F3N4O/c1-8-18-11(20(2)19-8)9-4-3-5-10(6-9)12(21)17-7-13(14,15)16/h3-6H,7H2,1-2H3,(H,17,21). The number of aryl methyl sites for hydroxylation is 2. The lowest BCUT2D eigenvalue weighted by Crippen LogP contribution is -2.33. The van der Waals surface area contributed by atoms with E-state index in [0.717, 1.165) is 0 Å². The van der Waals surface area contributed by atoms with Crippen LogP contribution in [0.3, 0.4) is 0 Å². The second-order valence-corrected chi connectivity index (χ2v) is 4.48. The summed E-state index contributed by atoms with van der Waals surface area (Å²) in [4.78, 5) is 15.9. The Morgan fingerprint density at radius 3 is 2.67 bits per heavy atom. The summed E-state index contributed by atoms with van der Waals surface area (Å²) in [6, 6.07) is 6.22. The van der Waals surface area contributed by atoms with Gasteiger partial charge in [0.2, 0.25) is 0 Å². The van der Waals surface area contributed by atoms with Gasteiger partial charge in [-0.05, 0) is 19.1 Å². The number of nitrogens with one attached hydrogen (secondary N) is 1. The minimum atomic E-state index is -4.44. The van der Waals surface area contributed by atoms with E-state index in [0.29, 0.717) is 17.2 Å². The monoisotopic (exact) mass is 298 g/mol. The maximum atomic E-state index is 12.1. The molecule has 0 unspecified atom stereocenters. The maximum Gasteiger partial charge on any atom is 0.405 e. The Balaban J connectivity index is 2.22. The molecule has 21 heavy (non-hydrogen) atoms. The number of rotatable bonds is 3. The van der Waals surface area contributed by atoms with Crippen LogP contribution in [0.15, 0.2) is 24.3 Å². The second kappa shape index (κ2) is 5.55. The van der Waals surface area contributed by atoms with E-state index < -0.39 is 18.6 Å². The number of alkyl halides is 3. The molecule has 1 aromatic carbocycles. The van der Waals surface area contributed by atoms with Gasteiger partial charge in [0.1, 0.15) is 12.4 Å². The van der Waals surface area contributed by atoms with Gasteiger partial charge in [0.15, 0.2) is 5.82 Å². The number of amides is 1. The number of benzene rings is 1. The molecule has 0 saturated carbocycles. The summed E-state index contributed by atoms with van der Waals surface area (Å²) in [7, 11) is 1.70. The number of hydrogen-bond donors (Lipinski definition) is 1. The van der Waals surface area contributed by atoms with Crippen LogP contribution in [0.25, 0.3) is 11.4 Å². The van der Waals surface area contributed by atoms with E-state index in [1.54, 1.807) is 30.8 Å². The van der Waals surface area contributed by atoms with Gasteiger partial charge in [0, 0.05) is 18.2 Å². The molecular formula is C13H13F3N4O. The molecule has 0 bridgehead atoms. The first kappa shape index (κ1) is 15.0. The molecule has 1 aromatic heterocycles. The molecule has 0 aliphatic carbocycles. The third kappa shape index (κ3) is 3.80. The molecule has 112 valence electrons. The van der Waals surface area contributed by atoms with Gasteiger partial charge >= 0.3 is 6.18 Å². The molecule has 0 spiro atoms. The number of hydrogen-bond acceptors (Lipinski definition) is 3. The number of carbonyl (C=O) groups excluding carboxylic acids is 1. The van der Waals surface area contributed by atoms with Crippen molar-refractivity contribution in [2.45, 2.75) is 13.1 Å². The Morgan fingerprint density at radius 2 is 2.10 bits per heavy atom. The summed E-state index contributed by atoms with van der Waals surface area (Å²) in [6.07, 6.45) is -4.44. The molecule has 2 aromatic rings.